The molecule has 0 bridgehead atoms. The molecule has 0 unspecified atom stereocenters. The summed E-state index contributed by atoms with van der Waals surface area (Å²) in [5.74, 6) is -0.649. The van der Waals surface area contributed by atoms with Gasteiger partial charge in [-0.1, -0.05) is 35.9 Å². The minimum atomic E-state index is -3.51. The van der Waals surface area contributed by atoms with Crippen LogP contribution in [0.4, 0.5) is 10.1 Å². The summed E-state index contributed by atoms with van der Waals surface area (Å²) in [5.41, 5.74) is 3.35. The van der Waals surface area contributed by atoms with E-state index in [9.17, 15) is 17.6 Å². The maximum atomic E-state index is 13.6. The number of rotatable bonds is 6. The summed E-state index contributed by atoms with van der Waals surface area (Å²) in [6.45, 7) is 2.56. The predicted octanol–water partition coefficient (Wildman–Crippen LogP) is 4.66. The van der Waals surface area contributed by atoms with E-state index in [0.29, 0.717) is 48.9 Å². The monoisotopic (exact) mass is 516 g/mol. The third-order valence-electron chi connectivity index (χ3n) is 6.07. The van der Waals surface area contributed by atoms with Crippen LogP contribution in [0.25, 0.3) is 11.1 Å². The Bertz CT molecular complexity index is 1340. The third kappa shape index (κ3) is 5.66. The molecular formula is C26H26ClFN2O4S. The van der Waals surface area contributed by atoms with Gasteiger partial charge in [0.05, 0.1) is 11.5 Å². The number of hydrogen-bond acceptors (Lipinski definition) is 5. The van der Waals surface area contributed by atoms with E-state index in [1.165, 1.54) is 24.3 Å². The molecule has 9 heteroatoms. The van der Waals surface area contributed by atoms with Gasteiger partial charge in [-0.05, 0) is 53.1 Å². The van der Waals surface area contributed by atoms with Gasteiger partial charge < -0.3 is 14.5 Å². The molecule has 35 heavy (non-hydrogen) atoms. The molecule has 0 saturated carbocycles. The molecule has 0 aliphatic carbocycles. The highest BCUT2D eigenvalue weighted by atomic mass is 35.5. The van der Waals surface area contributed by atoms with Crippen molar-refractivity contribution in [3.8, 4) is 11.1 Å². The third-order valence-corrected chi connectivity index (χ3v) is 7.54. The predicted molar refractivity (Wildman–Crippen MR) is 135 cm³/mol. The quantitative estimate of drug-likeness (QED) is 0.477. The zero-order chi connectivity index (χ0) is 25.2. The van der Waals surface area contributed by atoms with E-state index >= 15 is 0 Å². The molecule has 0 aromatic heterocycles. The molecule has 0 atom stereocenters. The van der Waals surface area contributed by atoms with Gasteiger partial charge in [-0.2, -0.15) is 0 Å². The number of sulfone groups is 1. The van der Waals surface area contributed by atoms with E-state index in [4.69, 9.17) is 16.3 Å². The summed E-state index contributed by atoms with van der Waals surface area (Å²) >= 11 is 6.38. The van der Waals surface area contributed by atoms with Crippen molar-refractivity contribution in [2.75, 3.05) is 44.4 Å². The first-order chi connectivity index (χ1) is 16.7. The van der Waals surface area contributed by atoms with Crippen LogP contribution in [0.1, 0.15) is 15.9 Å². The van der Waals surface area contributed by atoms with Crippen LogP contribution in [0, 0.1) is 5.82 Å². The Morgan fingerprint density at radius 2 is 1.69 bits per heavy atom. The van der Waals surface area contributed by atoms with Crippen LogP contribution in [0.2, 0.25) is 5.02 Å². The van der Waals surface area contributed by atoms with E-state index < -0.39 is 9.84 Å². The van der Waals surface area contributed by atoms with E-state index in [1.54, 1.807) is 30.2 Å². The standard InChI is InChI=1S/C26H26ClFN2O4S/c1-34-17-19-5-8-21(15-25(19)27)29-11-13-30(14-12-29)26(31)24-16-22(35(2,32)33)9-10-23(24)18-3-6-20(28)7-4-18/h3-10,15-16H,11-14,17H2,1-2H3. The van der Waals surface area contributed by atoms with Crippen molar-refractivity contribution in [3.63, 3.8) is 0 Å². The highest BCUT2D eigenvalue weighted by molar-refractivity contribution is 7.90. The van der Waals surface area contributed by atoms with Crippen molar-refractivity contribution in [2.45, 2.75) is 11.5 Å². The molecule has 4 rings (SSSR count). The van der Waals surface area contributed by atoms with Crippen LogP contribution in [-0.2, 0) is 21.2 Å². The second-order valence-electron chi connectivity index (χ2n) is 8.47. The second-order valence-corrected chi connectivity index (χ2v) is 10.9. The van der Waals surface area contributed by atoms with Gasteiger partial charge in [-0.3, -0.25) is 4.79 Å². The molecule has 1 saturated heterocycles. The molecule has 0 radical (unpaired) electrons. The van der Waals surface area contributed by atoms with E-state index in [0.717, 1.165) is 17.5 Å². The lowest BCUT2D eigenvalue weighted by Gasteiger charge is -2.36. The Labute approximate surface area is 209 Å². The molecule has 1 heterocycles. The van der Waals surface area contributed by atoms with Gasteiger partial charge in [0, 0.05) is 55.8 Å². The van der Waals surface area contributed by atoms with Gasteiger partial charge in [0.1, 0.15) is 5.82 Å². The van der Waals surface area contributed by atoms with Crippen LogP contribution in [0.3, 0.4) is 0 Å². The van der Waals surface area contributed by atoms with Crippen LogP contribution >= 0.6 is 11.6 Å². The van der Waals surface area contributed by atoms with Crippen LogP contribution < -0.4 is 4.90 Å². The van der Waals surface area contributed by atoms with Crippen molar-refractivity contribution in [1.82, 2.24) is 4.90 Å². The molecule has 184 valence electrons. The summed E-state index contributed by atoms with van der Waals surface area (Å²) in [7, 11) is -1.89. The normalized spacial score (nSPS) is 14.3. The summed E-state index contributed by atoms with van der Waals surface area (Å²) < 4.78 is 43.0. The smallest absolute Gasteiger partial charge is 0.254 e. The largest absolute Gasteiger partial charge is 0.380 e. The number of hydrogen-bond donors (Lipinski definition) is 0. The molecule has 1 aliphatic rings. The SMILES string of the molecule is COCc1ccc(N2CCN(C(=O)c3cc(S(C)(=O)=O)ccc3-c3ccc(F)cc3)CC2)cc1Cl. The fraction of sp³-hybridized carbons (Fsp3) is 0.269. The minimum Gasteiger partial charge on any atom is -0.380 e. The first-order valence-corrected chi connectivity index (χ1v) is 13.4. The number of nitrogens with zero attached hydrogens (tertiary/aromatic N) is 2. The first kappa shape index (κ1) is 25.2. The number of piperazine rings is 1. The number of benzene rings is 3. The fourth-order valence-corrected chi connectivity index (χ4v) is 5.03. The zero-order valence-corrected chi connectivity index (χ0v) is 21.1. The molecule has 1 fully saturated rings. The van der Waals surface area contributed by atoms with Gasteiger partial charge >= 0.3 is 0 Å². The molecule has 3 aromatic carbocycles. The average Bonchev–Trinajstić information content (AvgIpc) is 2.85. The average molecular weight is 517 g/mol. The van der Waals surface area contributed by atoms with Crippen LogP contribution in [0.5, 0.6) is 0 Å². The lowest BCUT2D eigenvalue weighted by Crippen LogP contribution is -2.49. The first-order valence-electron chi connectivity index (χ1n) is 11.1. The molecule has 1 aliphatic heterocycles. The van der Waals surface area contributed by atoms with E-state index in [2.05, 4.69) is 4.90 Å². The van der Waals surface area contributed by atoms with Crippen molar-refractivity contribution in [2.24, 2.45) is 0 Å². The number of halogens is 2. The van der Waals surface area contributed by atoms with Crippen LogP contribution in [0.15, 0.2) is 65.6 Å². The molecule has 6 nitrogen and oxygen atoms in total. The Kier molecular flexibility index (Phi) is 7.44. The summed E-state index contributed by atoms with van der Waals surface area (Å²) in [6, 6.07) is 16.1. The lowest BCUT2D eigenvalue weighted by atomic mass is 9.98. The van der Waals surface area contributed by atoms with Gasteiger partial charge in [-0.25, -0.2) is 12.8 Å². The van der Waals surface area contributed by atoms with Gasteiger partial charge in [0.15, 0.2) is 9.84 Å². The number of ether oxygens (including phenoxy) is 1. The number of carbonyl (C=O) groups is 1. The van der Waals surface area contributed by atoms with Crippen molar-refractivity contribution in [3.05, 3.63) is 82.6 Å². The van der Waals surface area contributed by atoms with Crippen LogP contribution in [-0.4, -0.2) is 58.8 Å². The van der Waals surface area contributed by atoms with Crippen molar-refractivity contribution >= 4 is 33.0 Å². The second kappa shape index (κ2) is 10.4. The van der Waals surface area contributed by atoms with Gasteiger partial charge in [-0.15, -0.1) is 0 Å². The van der Waals surface area contributed by atoms with Crippen molar-refractivity contribution in [1.29, 1.82) is 0 Å². The summed E-state index contributed by atoms with van der Waals surface area (Å²) in [5, 5.41) is 0.629. The molecule has 3 aromatic rings. The fourth-order valence-electron chi connectivity index (χ4n) is 4.16. The minimum absolute atomic E-state index is 0.0659. The zero-order valence-electron chi connectivity index (χ0n) is 19.5. The number of carbonyl (C=O) groups excluding carboxylic acids is 1. The van der Waals surface area contributed by atoms with E-state index in [1.807, 2.05) is 18.2 Å². The maximum Gasteiger partial charge on any atom is 0.254 e. The maximum absolute atomic E-state index is 13.6. The Hall–Kier alpha value is -2.94. The molecular weight excluding hydrogens is 491 g/mol. The highest BCUT2D eigenvalue weighted by Gasteiger charge is 2.26. The lowest BCUT2D eigenvalue weighted by molar-refractivity contribution is 0.0747. The van der Waals surface area contributed by atoms with Gasteiger partial charge in [0.25, 0.3) is 5.91 Å². The topological polar surface area (TPSA) is 66.9 Å². The Balaban J connectivity index is 1.57. The highest BCUT2D eigenvalue weighted by Crippen LogP contribution is 2.29. The Morgan fingerprint density at radius 3 is 2.29 bits per heavy atom. The molecule has 0 spiro atoms. The number of methoxy groups -OCH3 is 1. The van der Waals surface area contributed by atoms with Gasteiger partial charge in [0.2, 0.25) is 0 Å². The number of amides is 1. The van der Waals surface area contributed by atoms with E-state index in [-0.39, 0.29) is 22.2 Å². The Morgan fingerprint density at radius 1 is 1.00 bits per heavy atom. The molecule has 0 N–H and O–H groups in total. The summed E-state index contributed by atoms with van der Waals surface area (Å²) in [4.78, 5) is 17.5. The van der Waals surface area contributed by atoms with Crippen molar-refractivity contribution < 1.29 is 22.3 Å². The molecule has 1 amide bonds. The number of anilines is 1. The summed E-state index contributed by atoms with van der Waals surface area (Å²) in [6.07, 6.45) is 1.11.